The second kappa shape index (κ2) is 7.41. The van der Waals surface area contributed by atoms with Gasteiger partial charge in [-0.25, -0.2) is 0 Å². The molecule has 3 heteroatoms. The van der Waals surface area contributed by atoms with Crippen molar-refractivity contribution in [3.05, 3.63) is 47.6 Å². The molecule has 0 atom stereocenters. The Morgan fingerprint density at radius 1 is 1.47 bits per heavy atom. The van der Waals surface area contributed by atoms with E-state index in [1.165, 1.54) is 0 Å². The van der Waals surface area contributed by atoms with Gasteiger partial charge in [-0.15, -0.1) is 0 Å². The third-order valence-corrected chi connectivity index (χ3v) is 3.03. The second-order valence-electron chi connectivity index (χ2n) is 4.24. The van der Waals surface area contributed by atoms with E-state index in [-0.39, 0.29) is 5.91 Å². The Kier molecular flexibility index (Phi) is 5.86. The van der Waals surface area contributed by atoms with Gasteiger partial charge in [0.1, 0.15) is 5.75 Å². The average Bonchev–Trinajstić information content (AvgIpc) is 2.43. The average molecular weight is 259 g/mol. The molecule has 1 amide bonds. The Hall–Kier alpha value is -2.03. The van der Waals surface area contributed by atoms with Crippen LogP contribution >= 0.6 is 0 Å². The van der Waals surface area contributed by atoms with E-state index in [9.17, 15) is 4.79 Å². The van der Waals surface area contributed by atoms with Crippen molar-refractivity contribution in [2.24, 2.45) is 0 Å². The lowest BCUT2D eigenvalue weighted by Gasteiger charge is -2.14. The first-order valence-electron chi connectivity index (χ1n) is 6.30. The fourth-order valence-electron chi connectivity index (χ4n) is 1.97. The van der Waals surface area contributed by atoms with Crippen LogP contribution in [0.2, 0.25) is 0 Å². The fraction of sp³-hybridized carbons (Fsp3) is 0.312. The van der Waals surface area contributed by atoms with Gasteiger partial charge in [0.15, 0.2) is 0 Å². The van der Waals surface area contributed by atoms with Crippen molar-refractivity contribution in [1.29, 1.82) is 0 Å². The molecule has 0 aromatic heterocycles. The van der Waals surface area contributed by atoms with Crippen LogP contribution in [0, 0.1) is 6.92 Å². The zero-order valence-electron chi connectivity index (χ0n) is 11.8. The number of aryl methyl sites for hydroxylation is 1. The van der Waals surface area contributed by atoms with E-state index in [4.69, 9.17) is 4.74 Å². The summed E-state index contributed by atoms with van der Waals surface area (Å²) in [5, 5.41) is 2.64. The highest BCUT2D eigenvalue weighted by atomic mass is 16.5. The predicted molar refractivity (Wildman–Crippen MR) is 79.3 cm³/mol. The highest BCUT2D eigenvalue weighted by Crippen LogP contribution is 2.27. The highest BCUT2D eigenvalue weighted by molar-refractivity contribution is 5.76. The second-order valence-corrected chi connectivity index (χ2v) is 4.24. The van der Waals surface area contributed by atoms with E-state index in [0.29, 0.717) is 12.8 Å². The maximum Gasteiger partial charge on any atom is 0.220 e. The van der Waals surface area contributed by atoms with E-state index in [1.54, 1.807) is 20.2 Å². The van der Waals surface area contributed by atoms with Crippen molar-refractivity contribution < 1.29 is 9.53 Å². The minimum atomic E-state index is 0.0298. The molecule has 0 aliphatic heterocycles. The Bertz CT molecular complexity index is 490. The van der Waals surface area contributed by atoms with Gasteiger partial charge in [0.25, 0.3) is 0 Å². The van der Waals surface area contributed by atoms with Crippen molar-refractivity contribution in [2.75, 3.05) is 14.2 Å². The molecule has 0 radical (unpaired) electrons. The molecule has 0 aliphatic carbocycles. The summed E-state index contributed by atoms with van der Waals surface area (Å²) in [4.78, 5) is 11.4. The largest absolute Gasteiger partial charge is 0.496 e. The molecule has 3 nitrogen and oxygen atoms in total. The fourth-order valence-corrected chi connectivity index (χ4v) is 1.97. The van der Waals surface area contributed by atoms with Crippen LogP contribution in [0.15, 0.2) is 30.9 Å². The first kappa shape index (κ1) is 15.0. The van der Waals surface area contributed by atoms with Crippen molar-refractivity contribution in [3.63, 3.8) is 0 Å². The number of carbonyl (C=O) groups excluding carboxylic acids is 1. The molecule has 0 fully saturated rings. The maximum atomic E-state index is 11.4. The van der Waals surface area contributed by atoms with E-state index >= 15 is 0 Å². The summed E-state index contributed by atoms with van der Waals surface area (Å²) in [5.41, 5.74) is 3.32. The first-order chi connectivity index (χ1) is 9.13. The lowest BCUT2D eigenvalue weighted by atomic mass is 9.96. The maximum absolute atomic E-state index is 11.4. The van der Waals surface area contributed by atoms with Crippen molar-refractivity contribution in [3.8, 4) is 5.75 Å². The third kappa shape index (κ3) is 3.98. The molecule has 0 saturated carbocycles. The number of rotatable bonds is 6. The quantitative estimate of drug-likeness (QED) is 0.798. The minimum Gasteiger partial charge on any atom is -0.496 e. The standard InChI is InChI=1S/C16H21NO2/c1-5-6-7-13-12(2)8-10-15(19-4)14(13)9-11-16(18)17-3/h5-8,10H,1,9,11H2,2-4H3,(H,17,18)/b7-6-. The lowest BCUT2D eigenvalue weighted by molar-refractivity contribution is -0.120. The molecule has 102 valence electrons. The van der Waals surface area contributed by atoms with Gasteiger partial charge < -0.3 is 10.1 Å². The van der Waals surface area contributed by atoms with Crippen LogP contribution in [0.25, 0.3) is 6.08 Å². The zero-order chi connectivity index (χ0) is 14.3. The number of hydrogen-bond acceptors (Lipinski definition) is 2. The summed E-state index contributed by atoms with van der Waals surface area (Å²) in [6.07, 6.45) is 6.74. The van der Waals surface area contributed by atoms with Crippen LogP contribution < -0.4 is 10.1 Å². The number of ether oxygens (including phenoxy) is 1. The molecule has 1 aromatic rings. The molecule has 0 heterocycles. The number of nitrogens with one attached hydrogen (secondary N) is 1. The summed E-state index contributed by atoms with van der Waals surface area (Å²) < 4.78 is 5.40. The number of benzene rings is 1. The topological polar surface area (TPSA) is 38.3 Å². The van der Waals surface area contributed by atoms with E-state index in [1.807, 2.05) is 31.2 Å². The highest BCUT2D eigenvalue weighted by Gasteiger charge is 2.11. The van der Waals surface area contributed by atoms with E-state index in [2.05, 4.69) is 11.9 Å². The van der Waals surface area contributed by atoms with Gasteiger partial charge >= 0.3 is 0 Å². The van der Waals surface area contributed by atoms with Crippen molar-refractivity contribution in [2.45, 2.75) is 19.8 Å². The number of methoxy groups -OCH3 is 1. The predicted octanol–water partition coefficient (Wildman–Crippen LogP) is 2.88. The molecule has 0 bridgehead atoms. The van der Waals surface area contributed by atoms with Gasteiger partial charge in [-0.05, 0) is 30.5 Å². The Balaban J connectivity index is 3.15. The Labute approximate surface area is 115 Å². The minimum absolute atomic E-state index is 0.0298. The molecule has 0 unspecified atom stereocenters. The summed E-state index contributed by atoms with van der Waals surface area (Å²) in [6.45, 7) is 5.73. The van der Waals surface area contributed by atoms with Crippen LogP contribution in [0.1, 0.15) is 23.1 Å². The molecule has 0 saturated heterocycles. The van der Waals surface area contributed by atoms with Gasteiger partial charge in [-0.1, -0.05) is 30.9 Å². The van der Waals surface area contributed by atoms with Gasteiger partial charge in [0.2, 0.25) is 5.91 Å². The van der Waals surface area contributed by atoms with Crippen LogP contribution in [0.4, 0.5) is 0 Å². The monoisotopic (exact) mass is 259 g/mol. The Morgan fingerprint density at radius 2 is 2.21 bits per heavy atom. The molecule has 1 rings (SSSR count). The van der Waals surface area contributed by atoms with Gasteiger partial charge in [0.05, 0.1) is 7.11 Å². The van der Waals surface area contributed by atoms with Gasteiger partial charge in [-0.3, -0.25) is 4.79 Å². The molecule has 1 N–H and O–H groups in total. The summed E-state index contributed by atoms with van der Waals surface area (Å²) in [6, 6.07) is 3.96. The number of amides is 1. The molecule has 0 aliphatic rings. The molecule has 0 spiro atoms. The Morgan fingerprint density at radius 3 is 2.79 bits per heavy atom. The smallest absolute Gasteiger partial charge is 0.220 e. The first-order valence-corrected chi connectivity index (χ1v) is 6.30. The zero-order valence-corrected chi connectivity index (χ0v) is 11.8. The normalized spacial score (nSPS) is 10.5. The summed E-state index contributed by atoms with van der Waals surface area (Å²) >= 11 is 0. The number of hydrogen-bond donors (Lipinski definition) is 1. The van der Waals surface area contributed by atoms with Crippen molar-refractivity contribution in [1.82, 2.24) is 5.32 Å². The van der Waals surface area contributed by atoms with Gasteiger partial charge in [0, 0.05) is 19.0 Å². The van der Waals surface area contributed by atoms with Crippen molar-refractivity contribution >= 4 is 12.0 Å². The molecule has 1 aromatic carbocycles. The summed E-state index contributed by atoms with van der Waals surface area (Å²) in [7, 11) is 3.30. The van der Waals surface area contributed by atoms with Gasteiger partial charge in [-0.2, -0.15) is 0 Å². The molecular weight excluding hydrogens is 238 g/mol. The molecule has 19 heavy (non-hydrogen) atoms. The van der Waals surface area contributed by atoms with E-state index in [0.717, 1.165) is 22.4 Å². The number of carbonyl (C=O) groups is 1. The summed E-state index contributed by atoms with van der Waals surface area (Å²) in [5.74, 6) is 0.848. The molecular formula is C16H21NO2. The lowest BCUT2D eigenvalue weighted by Crippen LogP contribution is -2.18. The van der Waals surface area contributed by atoms with Crippen LogP contribution in [0.3, 0.4) is 0 Å². The van der Waals surface area contributed by atoms with Crippen LogP contribution in [-0.2, 0) is 11.2 Å². The number of allylic oxidation sites excluding steroid dienone is 2. The van der Waals surface area contributed by atoms with E-state index < -0.39 is 0 Å². The van der Waals surface area contributed by atoms with Crippen LogP contribution in [0.5, 0.6) is 5.75 Å². The third-order valence-electron chi connectivity index (χ3n) is 3.03. The van der Waals surface area contributed by atoms with Crippen LogP contribution in [-0.4, -0.2) is 20.1 Å². The SMILES string of the molecule is C=C/C=C\c1c(C)ccc(OC)c1CCC(=O)NC.